The molecular formula is C26H35N5O3. The minimum absolute atomic E-state index is 0.235. The average Bonchev–Trinajstić information content (AvgIpc) is 3.29. The fourth-order valence-electron chi connectivity index (χ4n) is 5.01. The number of hydrogen-bond acceptors (Lipinski definition) is 6. The summed E-state index contributed by atoms with van der Waals surface area (Å²) in [6, 6.07) is 10.0. The number of nitrogens with two attached hydrogens (primary N) is 1. The first kappa shape index (κ1) is 24.0. The van der Waals surface area contributed by atoms with E-state index in [4.69, 9.17) is 5.73 Å². The molecule has 2 heterocycles. The second-order valence-corrected chi connectivity index (χ2v) is 9.52. The third-order valence-electron chi connectivity index (χ3n) is 7.12. The van der Waals surface area contributed by atoms with Crippen molar-refractivity contribution in [3.63, 3.8) is 0 Å². The molecule has 2 aliphatic rings. The van der Waals surface area contributed by atoms with E-state index in [-0.39, 0.29) is 5.91 Å². The van der Waals surface area contributed by atoms with Gasteiger partial charge in [0.2, 0.25) is 5.91 Å². The van der Waals surface area contributed by atoms with Crippen LogP contribution >= 0.6 is 0 Å². The zero-order chi connectivity index (χ0) is 24.1. The Morgan fingerprint density at radius 1 is 1.18 bits per heavy atom. The molecule has 4 rings (SSSR count). The third-order valence-corrected chi connectivity index (χ3v) is 7.12. The van der Waals surface area contributed by atoms with Crippen molar-refractivity contribution < 1.29 is 14.7 Å². The van der Waals surface area contributed by atoms with Gasteiger partial charge in [0.05, 0.1) is 16.9 Å². The number of carbonyl (C=O) groups excluding carboxylic acids is 2. The van der Waals surface area contributed by atoms with Crippen LogP contribution in [0.2, 0.25) is 0 Å². The highest BCUT2D eigenvalue weighted by Crippen LogP contribution is 2.32. The van der Waals surface area contributed by atoms with Crippen molar-refractivity contribution in [2.75, 3.05) is 30.3 Å². The highest BCUT2D eigenvalue weighted by molar-refractivity contribution is 5.98. The van der Waals surface area contributed by atoms with Crippen molar-refractivity contribution in [2.24, 2.45) is 5.73 Å². The largest absolute Gasteiger partial charge is 0.388 e. The number of carbonyl (C=O) groups is 2. The number of anilines is 3. The van der Waals surface area contributed by atoms with Crippen LogP contribution in [0.15, 0.2) is 36.5 Å². The van der Waals surface area contributed by atoms with Crippen LogP contribution in [0.1, 0.15) is 73.7 Å². The van der Waals surface area contributed by atoms with Gasteiger partial charge in [0.25, 0.3) is 5.91 Å². The number of hydrogen-bond donors (Lipinski definition) is 4. The smallest absolute Gasteiger partial charge is 0.252 e. The number of nitrogens with one attached hydrogen (secondary N) is 2. The van der Waals surface area contributed by atoms with Crippen LogP contribution in [0, 0.1) is 0 Å². The number of pyridine rings is 1. The van der Waals surface area contributed by atoms with Crippen molar-refractivity contribution in [1.29, 1.82) is 0 Å². The predicted molar refractivity (Wildman–Crippen MR) is 133 cm³/mol. The summed E-state index contributed by atoms with van der Waals surface area (Å²) in [5.41, 5.74) is 7.82. The SMILES string of the molecule is CCC(=O)N1CCC(c2ccc(Nc3cc(NCC4(O)CCCC4)c(C(N)=O)cn3)cc2)CC1. The molecule has 0 radical (unpaired) electrons. The zero-order valence-corrected chi connectivity index (χ0v) is 19.8. The fraction of sp³-hybridized carbons (Fsp3) is 0.500. The standard InChI is InChI=1S/C26H35N5O3/c1-2-24(32)31-13-9-19(10-14-31)18-5-7-20(8-6-18)30-23-15-22(21(16-28-23)25(27)33)29-17-26(34)11-3-4-12-26/h5-8,15-16,19,34H,2-4,9-14,17H2,1H3,(H2,27,33)(H2,28,29,30). The lowest BCUT2D eigenvalue weighted by molar-refractivity contribution is -0.131. The normalized spacial score (nSPS) is 18.0. The number of aromatic nitrogens is 1. The molecule has 0 bridgehead atoms. The monoisotopic (exact) mass is 465 g/mol. The number of amides is 2. The first-order valence-electron chi connectivity index (χ1n) is 12.3. The van der Waals surface area contributed by atoms with Crippen LogP contribution in [0.3, 0.4) is 0 Å². The summed E-state index contributed by atoms with van der Waals surface area (Å²) < 4.78 is 0. The Kier molecular flexibility index (Phi) is 7.36. The number of nitrogens with zero attached hydrogens (tertiary/aromatic N) is 2. The third kappa shape index (κ3) is 5.67. The highest BCUT2D eigenvalue weighted by atomic mass is 16.3. The molecule has 1 aliphatic heterocycles. The molecule has 1 saturated heterocycles. The quantitative estimate of drug-likeness (QED) is 0.471. The van der Waals surface area contributed by atoms with Gasteiger partial charge in [0.15, 0.2) is 0 Å². The van der Waals surface area contributed by atoms with Crippen molar-refractivity contribution in [1.82, 2.24) is 9.88 Å². The van der Waals surface area contributed by atoms with Gasteiger partial charge in [-0.25, -0.2) is 4.98 Å². The molecule has 5 N–H and O–H groups in total. The molecule has 1 aromatic heterocycles. The minimum atomic E-state index is -0.748. The van der Waals surface area contributed by atoms with E-state index in [9.17, 15) is 14.7 Å². The predicted octanol–water partition coefficient (Wildman–Crippen LogP) is 3.76. The summed E-state index contributed by atoms with van der Waals surface area (Å²) in [6.07, 6.45) is 7.52. The molecule has 34 heavy (non-hydrogen) atoms. The van der Waals surface area contributed by atoms with Crippen molar-refractivity contribution >= 4 is 29.0 Å². The Morgan fingerprint density at radius 3 is 2.47 bits per heavy atom. The van der Waals surface area contributed by atoms with E-state index in [1.165, 1.54) is 11.8 Å². The van der Waals surface area contributed by atoms with Gasteiger partial charge < -0.3 is 26.4 Å². The summed E-state index contributed by atoms with van der Waals surface area (Å²) in [5.74, 6) is 0.722. The number of primary amides is 1. The van der Waals surface area contributed by atoms with Crippen LogP contribution in [-0.4, -0.2) is 52.0 Å². The molecule has 2 amide bonds. The topological polar surface area (TPSA) is 121 Å². The molecule has 2 fully saturated rings. The summed E-state index contributed by atoms with van der Waals surface area (Å²) >= 11 is 0. The Bertz CT molecular complexity index is 1010. The number of likely N-dealkylation sites (tertiary alicyclic amines) is 1. The second kappa shape index (κ2) is 10.4. The van der Waals surface area contributed by atoms with Gasteiger partial charge in [-0.2, -0.15) is 0 Å². The first-order chi connectivity index (χ1) is 16.4. The Balaban J connectivity index is 1.40. The van der Waals surface area contributed by atoms with E-state index in [2.05, 4.69) is 27.8 Å². The maximum Gasteiger partial charge on any atom is 0.252 e. The summed E-state index contributed by atoms with van der Waals surface area (Å²) in [7, 11) is 0. The van der Waals surface area contributed by atoms with Gasteiger partial charge in [0, 0.05) is 44.0 Å². The van der Waals surface area contributed by atoms with Crippen molar-refractivity contribution in [2.45, 2.75) is 63.4 Å². The van der Waals surface area contributed by atoms with E-state index in [1.807, 2.05) is 24.0 Å². The fourth-order valence-corrected chi connectivity index (χ4v) is 5.01. The molecule has 8 nitrogen and oxygen atoms in total. The number of rotatable bonds is 8. The molecule has 1 saturated carbocycles. The summed E-state index contributed by atoms with van der Waals surface area (Å²) in [5, 5.41) is 17.1. The molecular weight excluding hydrogens is 430 g/mol. The Morgan fingerprint density at radius 2 is 1.85 bits per heavy atom. The maximum absolute atomic E-state index is 11.9. The lowest BCUT2D eigenvalue weighted by Gasteiger charge is -2.32. The molecule has 0 unspecified atom stereocenters. The summed E-state index contributed by atoms with van der Waals surface area (Å²) in [4.78, 5) is 30.1. The van der Waals surface area contributed by atoms with E-state index >= 15 is 0 Å². The van der Waals surface area contributed by atoms with Crippen LogP contribution in [-0.2, 0) is 4.79 Å². The van der Waals surface area contributed by atoms with Gasteiger partial charge in [-0.15, -0.1) is 0 Å². The van der Waals surface area contributed by atoms with Crippen LogP contribution in [0.4, 0.5) is 17.2 Å². The molecule has 8 heteroatoms. The van der Waals surface area contributed by atoms with Gasteiger partial charge in [-0.1, -0.05) is 31.9 Å². The Labute approximate surface area is 200 Å². The molecule has 1 aromatic carbocycles. The summed E-state index contributed by atoms with van der Waals surface area (Å²) in [6.45, 7) is 3.92. The van der Waals surface area contributed by atoms with Crippen LogP contribution in [0.5, 0.6) is 0 Å². The van der Waals surface area contributed by atoms with Gasteiger partial charge in [-0.05, 0) is 49.3 Å². The lowest BCUT2D eigenvalue weighted by Crippen LogP contribution is -2.37. The highest BCUT2D eigenvalue weighted by Gasteiger charge is 2.31. The van der Waals surface area contributed by atoms with Gasteiger partial charge in [0.1, 0.15) is 5.82 Å². The van der Waals surface area contributed by atoms with Crippen molar-refractivity contribution in [3.05, 3.63) is 47.7 Å². The number of piperidine rings is 1. The maximum atomic E-state index is 11.9. The van der Waals surface area contributed by atoms with Crippen LogP contribution in [0.25, 0.3) is 0 Å². The molecule has 182 valence electrons. The van der Waals surface area contributed by atoms with Crippen LogP contribution < -0.4 is 16.4 Å². The molecule has 1 aliphatic carbocycles. The molecule has 2 aromatic rings. The number of aliphatic hydroxyl groups is 1. The van der Waals surface area contributed by atoms with E-state index < -0.39 is 11.5 Å². The lowest BCUT2D eigenvalue weighted by atomic mass is 9.89. The van der Waals surface area contributed by atoms with Gasteiger partial charge >= 0.3 is 0 Å². The second-order valence-electron chi connectivity index (χ2n) is 9.52. The first-order valence-corrected chi connectivity index (χ1v) is 12.3. The molecule has 0 spiro atoms. The Hall–Kier alpha value is -3.13. The van der Waals surface area contributed by atoms with Crippen molar-refractivity contribution in [3.8, 4) is 0 Å². The van der Waals surface area contributed by atoms with E-state index in [0.29, 0.717) is 36.0 Å². The zero-order valence-electron chi connectivity index (χ0n) is 19.8. The van der Waals surface area contributed by atoms with E-state index in [0.717, 1.165) is 57.3 Å². The minimum Gasteiger partial charge on any atom is -0.388 e. The average molecular weight is 466 g/mol. The molecule has 0 atom stereocenters. The van der Waals surface area contributed by atoms with Gasteiger partial charge in [-0.3, -0.25) is 9.59 Å². The number of benzene rings is 1. The van der Waals surface area contributed by atoms with E-state index in [1.54, 1.807) is 6.07 Å².